The molecule has 0 aromatic heterocycles. The Morgan fingerprint density at radius 3 is 2.07 bits per heavy atom. The molecule has 1 aliphatic heterocycles. The first kappa shape index (κ1) is 21.4. The van der Waals surface area contributed by atoms with Crippen molar-refractivity contribution < 1.29 is 19.4 Å². The van der Waals surface area contributed by atoms with Gasteiger partial charge in [-0.15, -0.1) is 0 Å². The van der Waals surface area contributed by atoms with Gasteiger partial charge in [-0.25, -0.2) is 0 Å². The Morgan fingerprint density at radius 2 is 1.57 bits per heavy atom. The molecule has 0 saturated carbocycles. The van der Waals surface area contributed by atoms with Gasteiger partial charge in [0.15, 0.2) is 0 Å². The summed E-state index contributed by atoms with van der Waals surface area (Å²) in [5.74, 6) is -1.34. The van der Waals surface area contributed by atoms with Crippen LogP contribution in [0.1, 0.15) is 43.9 Å². The van der Waals surface area contributed by atoms with Gasteiger partial charge in [0.05, 0.1) is 10.8 Å². The number of rotatable bonds is 5. The second-order valence-corrected chi connectivity index (χ2v) is 8.22. The molecule has 1 heterocycles. The van der Waals surface area contributed by atoms with Crippen molar-refractivity contribution in [1.82, 2.24) is 5.32 Å². The Labute approximate surface area is 173 Å². The van der Waals surface area contributed by atoms with Crippen molar-refractivity contribution in [2.45, 2.75) is 50.4 Å². The lowest BCUT2D eigenvalue weighted by molar-refractivity contribution is -0.527. The van der Waals surface area contributed by atoms with Crippen molar-refractivity contribution in [2.24, 2.45) is 0 Å². The molecule has 0 spiro atoms. The molecule has 9 heteroatoms. The minimum Gasteiger partial charge on any atom is -0.459 e. The summed E-state index contributed by atoms with van der Waals surface area (Å²) in [7, 11) is 0. The SMILES string of the molecule is CC(C)(C)OC(=O)[C@H]1N[C@@H](c2ccc([N+](=O)[O-])cc2)[C@@H]([N+](=O)[O-])[C@@H]1c1ccccc1. The first-order valence-electron chi connectivity index (χ1n) is 9.50. The molecular formula is C21H23N3O6. The molecule has 1 saturated heterocycles. The van der Waals surface area contributed by atoms with Gasteiger partial charge in [-0.3, -0.25) is 30.3 Å². The van der Waals surface area contributed by atoms with Gasteiger partial charge in [-0.05, 0) is 31.9 Å². The van der Waals surface area contributed by atoms with Gasteiger partial charge < -0.3 is 4.74 Å². The fraction of sp³-hybridized carbons (Fsp3) is 0.381. The number of non-ortho nitro benzene ring substituents is 1. The fourth-order valence-corrected chi connectivity index (χ4v) is 3.79. The van der Waals surface area contributed by atoms with Crippen LogP contribution in [-0.2, 0) is 9.53 Å². The van der Waals surface area contributed by atoms with E-state index >= 15 is 0 Å². The number of hydrogen-bond acceptors (Lipinski definition) is 7. The third-order valence-corrected chi connectivity index (χ3v) is 4.98. The molecule has 3 rings (SSSR count). The molecule has 9 nitrogen and oxygen atoms in total. The summed E-state index contributed by atoms with van der Waals surface area (Å²) in [4.78, 5) is 35.0. The number of carbonyl (C=O) groups excluding carboxylic acids is 1. The second kappa shape index (κ2) is 8.19. The molecule has 158 valence electrons. The number of ether oxygens (including phenoxy) is 1. The van der Waals surface area contributed by atoms with Crippen molar-refractivity contribution in [3.63, 3.8) is 0 Å². The van der Waals surface area contributed by atoms with Crippen molar-refractivity contribution in [3.8, 4) is 0 Å². The summed E-state index contributed by atoms with van der Waals surface area (Å²) in [5, 5.41) is 26.1. The monoisotopic (exact) mass is 413 g/mol. The number of carbonyl (C=O) groups is 1. The first-order valence-corrected chi connectivity index (χ1v) is 9.50. The third-order valence-electron chi connectivity index (χ3n) is 4.98. The average Bonchev–Trinajstić information content (AvgIpc) is 3.08. The standard InChI is InChI=1S/C21H23N3O6/c1-21(2,3)30-20(25)18-16(13-7-5-4-6-8-13)19(24(28)29)17(22-18)14-9-11-15(12-10-14)23(26)27/h4-12,16-19,22H,1-3H3/t16-,17+,18+,19+/m1/s1. The molecule has 0 radical (unpaired) electrons. The molecule has 1 aliphatic rings. The van der Waals surface area contributed by atoms with E-state index in [1.807, 2.05) is 0 Å². The molecule has 1 fully saturated rings. The Bertz CT molecular complexity index is 939. The van der Waals surface area contributed by atoms with E-state index in [-0.39, 0.29) is 5.69 Å². The van der Waals surface area contributed by atoms with Crippen molar-refractivity contribution in [3.05, 3.63) is 86.0 Å². The smallest absolute Gasteiger partial charge is 0.324 e. The van der Waals surface area contributed by atoms with Gasteiger partial charge in [-0.2, -0.15) is 0 Å². The van der Waals surface area contributed by atoms with E-state index in [1.165, 1.54) is 24.3 Å². The van der Waals surface area contributed by atoms with E-state index < -0.39 is 45.5 Å². The molecule has 1 N–H and O–H groups in total. The van der Waals surface area contributed by atoms with Crippen LogP contribution in [0.3, 0.4) is 0 Å². The van der Waals surface area contributed by atoms with Crippen LogP contribution in [-0.4, -0.2) is 33.5 Å². The summed E-state index contributed by atoms with van der Waals surface area (Å²) in [6.45, 7) is 5.20. The zero-order chi connectivity index (χ0) is 22.1. The van der Waals surface area contributed by atoms with Crippen LogP contribution >= 0.6 is 0 Å². The maximum Gasteiger partial charge on any atom is 0.324 e. The van der Waals surface area contributed by atoms with Gasteiger partial charge in [0.2, 0.25) is 6.04 Å². The van der Waals surface area contributed by atoms with E-state index in [9.17, 15) is 25.0 Å². The Kier molecular flexibility index (Phi) is 5.84. The zero-order valence-electron chi connectivity index (χ0n) is 16.8. The molecule has 0 amide bonds. The number of esters is 1. The minimum absolute atomic E-state index is 0.113. The Morgan fingerprint density at radius 1 is 0.967 bits per heavy atom. The van der Waals surface area contributed by atoms with Crippen LogP contribution < -0.4 is 5.32 Å². The van der Waals surface area contributed by atoms with Crippen LogP contribution in [0, 0.1) is 20.2 Å². The van der Waals surface area contributed by atoms with Gasteiger partial charge in [0, 0.05) is 17.1 Å². The zero-order valence-corrected chi connectivity index (χ0v) is 16.8. The van der Waals surface area contributed by atoms with Gasteiger partial charge in [0.25, 0.3) is 5.69 Å². The largest absolute Gasteiger partial charge is 0.459 e. The number of nitro groups is 2. The summed E-state index contributed by atoms with van der Waals surface area (Å²) in [6, 6.07) is 11.4. The van der Waals surface area contributed by atoms with E-state index in [2.05, 4.69) is 5.32 Å². The van der Waals surface area contributed by atoms with Crippen LogP contribution in [0.25, 0.3) is 0 Å². The van der Waals surface area contributed by atoms with Gasteiger partial charge >= 0.3 is 5.97 Å². The number of nitrogens with zero attached hydrogens (tertiary/aromatic N) is 2. The quantitative estimate of drug-likeness (QED) is 0.452. The molecule has 0 unspecified atom stereocenters. The highest BCUT2D eigenvalue weighted by Gasteiger charge is 2.55. The number of nitro benzene ring substituents is 1. The summed E-state index contributed by atoms with van der Waals surface area (Å²) in [5.41, 5.74) is 0.272. The topological polar surface area (TPSA) is 125 Å². The van der Waals surface area contributed by atoms with Crippen LogP contribution in [0.5, 0.6) is 0 Å². The Balaban J connectivity index is 2.04. The van der Waals surface area contributed by atoms with Gasteiger partial charge in [0.1, 0.15) is 17.7 Å². The molecule has 30 heavy (non-hydrogen) atoms. The number of benzene rings is 2. The van der Waals surface area contributed by atoms with Crippen molar-refractivity contribution in [1.29, 1.82) is 0 Å². The molecular weight excluding hydrogens is 390 g/mol. The number of nitrogens with one attached hydrogen (secondary N) is 1. The van der Waals surface area contributed by atoms with Crippen LogP contribution in [0.4, 0.5) is 5.69 Å². The van der Waals surface area contributed by atoms with Crippen molar-refractivity contribution in [2.75, 3.05) is 0 Å². The molecule has 0 bridgehead atoms. The predicted molar refractivity (Wildman–Crippen MR) is 109 cm³/mol. The van der Waals surface area contributed by atoms with E-state index in [0.29, 0.717) is 11.1 Å². The van der Waals surface area contributed by atoms with E-state index in [0.717, 1.165) is 0 Å². The minimum atomic E-state index is -1.16. The molecule has 2 aromatic rings. The highest BCUT2D eigenvalue weighted by atomic mass is 16.6. The maximum absolute atomic E-state index is 12.9. The first-order chi connectivity index (χ1) is 14.1. The normalized spacial score (nSPS) is 23.7. The van der Waals surface area contributed by atoms with Crippen LogP contribution in [0.15, 0.2) is 54.6 Å². The maximum atomic E-state index is 12.9. The Hall–Kier alpha value is -3.33. The second-order valence-electron chi connectivity index (χ2n) is 8.22. The third kappa shape index (κ3) is 4.46. The van der Waals surface area contributed by atoms with E-state index in [1.54, 1.807) is 51.1 Å². The van der Waals surface area contributed by atoms with Crippen molar-refractivity contribution >= 4 is 11.7 Å². The summed E-state index contributed by atoms with van der Waals surface area (Å²) < 4.78 is 5.52. The lowest BCUT2D eigenvalue weighted by Gasteiger charge is -2.25. The average molecular weight is 413 g/mol. The lowest BCUT2D eigenvalue weighted by atomic mass is 9.85. The fourth-order valence-electron chi connectivity index (χ4n) is 3.79. The highest BCUT2D eigenvalue weighted by molar-refractivity contribution is 5.78. The van der Waals surface area contributed by atoms with E-state index in [4.69, 9.17) is 4.74 Å². The summed E-state index contributed by atoms with van der Waals surface area (Å²) in [6.07, 6.45) is 0. The summed E-state index contributed by atoms with van der Waals surface area (Å²) >= 11 is 0. The molecule has 0 aliphatic carbocycles. The molecule has 2 aromatic carbocycles. The van der Waals surface area contributed by atoms with Gasteiger partial charge in [-0.1, -0.05) is 42.5 Å². The lowest BCUT2D eigenvalue weighted by Crippen LogP contribution is -2.41. The predicted octanol–water partition coefficient (Wildman–Crippen LogP) is 3.38. The number of hydrogen-bond donors (Lipinski definition) is 1. The highest BCUT2D eigenvalue weighted by Crippen LogP contribution is 2.41. The van der Waals surface area contributed by atoms with Crippen LogP contribution in [0.2, 0.25) is 0 Å². The molecule has 4 atom stereocenters.